The Kier molecular flexibility index (Phi) is 5.78. The molecular weight excluding hydrogens is 447 g/mol. The molecule has 4 aromatic rings. The minimum atomic E-state index is -0.603. The van der Waals surface area contributed by atoms with Crippen molar-refractivity contribution in [1.82, 2.24) is 15.5 Å². The van der Waals surface area contributed by atoms with Crippen molar-refractivity contribution < 1.29 is 18.4 Å². The number of amides is 2. The molecule has 1 aromatic heterocycles. The highest BCUT2D eigenvalue weighted by atomic mass is 19.1. The van der Waals surface area contributed by atoms with Crippen LogP contribution in [0.25, 0.3) is 17.0 Å². The van der Waals surface area contributed by atoms with E-state index in [-0.39, 0.29) is 17.7 Å². The molecule has 0 radical (unpaired) electrons. The number of rotatable bonds is 5. The van der Waals surface area contributed by atoms with E-state index in [1.165, 1.54) is 12.1 Å². The monoisotopic (exact) mass is 470 g/mol. The van der Waals surface area contributed by atoms with Gasteiger partial charge in [0.05, 0.1) is 24.4 Å². The summed E-state index contributed by atoms with van der Waals surface area (Å²) >= 11 is 0. The average Bonchev–Trinajstić information content (AvgIpc) is 3.34. The number of carbonyl (C=O) groups is 1. The zero-order chi connectivity index (χ0) is 24.5. The third-order valence-corrected chi connectivity index (χ3v) is 5.95. The van der Waals surface area contributed by atoms with Crippen LogP contribution in [0.2, 0.25) is 0 Å². The molecule has 0 fully saturated rings. The van der Waals surface area contributed by atoms with Crippen LogP contribution >= 0.6 is 0 Å². The second kappa shape index (κ2) is 9.06. The number of anilines is 1. The van der Waals surface area contributed by atoms with Crippen molar-refractivity contribution in [1.29, 1.82) is 0 Å². The van der Waals surface area contributed by atoms with Gasteiger partial charge in [-0.1, -0.05) is 29.4 Å². The highest BCUT2D eigenvalue weighted by molar-refractivity contribution is 6.01. The molecule has 3 aromatic carbocycles. The predicted octanol–water partition coefficient (Wildman–Crippen LogP) is 5.89. The summed E-state index contributed by atoms with van der Waals surface area (Å²) in [4.78, 5) is 19.5. The zero-order valence-electron chi connectivity index (χ0n) is 19.4. The van der Waals surface area contributed by atoms with E-state index in [0.717, 1.165) is 16.9 Å². The second-order valence-corrected chi connectivity index (χ2v) is 8.26. The second-order valence-electron chi connectivity index (χ2n) is 8.26. The molecule has 0 spiro atoms. The number of nitrogens with one attached hydrogen (secondary N) is 1. The molecule has 1 atom stereocenters. The predicted molar refractivity (Wildman–Crippen MR) is 130 cm³/mol. The highest BCUT2D eigenvalue weighted by Gasteiger charge is 2.36. The van der Waals surface area contributed by atoms with Crippen LogP contribution < -0.4 is 15.0 Å². The molecule has 0 aliphatic carbocycles. The Morgan fingerprint density at radius 1 is 1.03 bits per heavy atom. The lowest BCUT2D eigenvalue weighted by molar-refractivity contribution is 0.244. The topological polar surface area (TPSA) is 80.5 Å². The van der Waals surface area contributed by atoms with Gasteiger partial charge in [-0.3, -0.25) is 4.90 Å². The average molecular weight is 471 g/mol. The number of hydrogen-bond acceptors (Lipinski definition) is 5. The maximum absolute atomic E-state index is 13.6. The molecule has 8 heteroatoms. The summed E-state index contributed by atoms with van der Waals surface area (Å²) < 4.78 is 24.6. The number of allylic oxidation sites excluding steroid dienone is 1. The van der Waals surface area contributed by atoms with E-state index in [9.17, 15) is 9.18 Å². The van der Waals surface area contributed by atoms with Gasteiger partial charge >= 0.3 is 6.03 Å². The van der Waals surface area contributed by atoms with Crippen LogP contribution in [-0.2, 0) is 0 Å². The van der Waals surface area contributed by atoms with Crippen LogP contribution in [0.4, 0.5) is 14.9 Å². The van der Waals surface area contributed by atoms with E-state index in [1.54, 1.807) is 24.1 Å². The van der Waals surface area contributed by atoms with Gasteiger partial charge in [0.25, 0.3) is 5.89 Å². The van der Waals surface area contributed by atoms with Gasteiger partial charge in [-0.25, -0.2) is 9.18 Å². The Hall–Kier alpha value is -4.46. The molecule has 176 valence electrons. The molecule has 1 aliphatic rings. The maximum Gasteiger partial charge on any atom is 0.326 e. The fourth-order valence-electron chi connectivity index (χ4n) is 4.19. The van der Waals surface area contributed by atoms with E-state index in [2.05, 4.69) is 15.5 Å². The number of aromatic nitrogens is 2. The first-order valence-electron chi connectivity index (χ1n) is 11.1. The van der Waals surface area contributed by atoms with Gasteiger partial charge in [0, 0.05) is 11.3 Å². The Morgan fingerprint density at radius 2 is 1.77 bits per heavy atom. The number of carbonyl (C=O) groups excluding carboxylic acids is 1. The van der Waals surface area contributed by atoms with E-state index in [1.807, 2.05) is 62.4 Å². The van der Waals surface area contributed by atoms with Crippen molar-refractivity contribution in [3.05, 3.63) is 101 Å². The molecule has 0 saturated heterocycles. The summed E-state index contributed by atoms with van der Waals surface area (Å²) in [5.74, 6) is 1.02. The molecule has 7 nitrogen and oxygen atoms in total. The highest BCUT2D eigenvalue weighted by Crippen LogP contribution is 2.39. The van der Waals surface area contributed by atoms with Gasteiger partial charge in [0.2, 0.25) is 5.82 Å². The Bertz CT molecular complexity index is 1410. The van der Waals surface area contributed by atoms with Crippen molar-refractivity contribution in [2.45, 2.75) is 19.9 Å². The molecule has 1 N–H and O–H groups in total. The van der Waals surface area contributed by atoms with Gasteiger partial charge in [-0.15, -0.1) is 0 Å². The van der Waals surface area contributed by atoms with Crippen LogP contribution in [0.1, 0.15) is 30.0 Å². The zero-order valence-corrected chi connectivity index (χ0v) is 19.4. The number of nitrogens with zero attached hydrogens (tertiary/aromatic N) is 3. The number of ether oxygens (including phenoxy) is 1. The van der Waals surface area contributed by atoms with Gasteiger partial charge < -0.3 is 14.6 Å². The Balaban J connectivity index is 1.63. The SMILES string of the molecule is COc1ccc(-c2noc(C3=C(C)N(c4cccc(C)c4)C(=O)NC3c3ccc(F)cc3)n2)cc1. The van der Waals surface area contributed by atoms with E-state index < -0.39 is 6.04 Å². The molecule has 2 heterocycles. The normalized spacial score (nSPS) is 15.8. The van der Waals surface area contributed by atoms with Crippen LogP contribution in [0.15, 0.2) is 83.0 Å². The van der Waals surface area contributed by atoms with Crippen LogP contribution in [0.5, 0.6) is 5.75 Å². The van der Waals surface area contributed by atoms with E-state index in [0.29, 0.717) is 28.3 Å². The lowest BCUT2D eigenvalue weighted by atomic mass is 9.94. The van der Waals surface area contributed by atoms with E-state index >= 15 is 0 Å². The van der Waals surface area contributed by atoms with Gasteiger partial charge in [0.1, 0.15) is 11.6 Å². The van der Waals surface area contributed by atoms with E-state index in [4.69, 9.17) is 9.26 Å². The summed E-state index contributed by atoms with van der Waals surface area (Å²) in [6.07, 6.45) is 0. The van der Waals surface area contributed by atoms with Crippen LogP contribution in [-0.4, -0.2) is 23.3 Å². The Morgan fingerprint density at radius 3 is 2.46 bits per heavy atom. The number of urea groups is 1. The molecule has 1 aliphatic heterocycles. The third kappa shape index (κ3) is 4.26. The maximum atomic E-state index is 13.6. The number of aryl methyl sites for hydroxylation is 1. The van der Waals surface area contributed by atoms with Gasteiger partial charge in [-0.05, 0) is 73.5 Å². The van der Waals surface area contributed by atoms with Crippen LogP contribution in [0.3, 0.4) is 0 Å². The fourth-order valence-corrected chi connectivity index (χ4v) is 4.19. The van der Waals surface area contributed by atoms with Crippen molar-refractivity contribution in [3.63, 3.8) is 0 Å². The minimum absolute atomic E-state index is 0.264. The molecule has 1 unspecified atom stereocenters. The lowest BCUT2D eigenvalue weighted by Crippen LogP contribution is -2.46. The number of benzene rings is 3. The molecule has 35 heavy (non-hydrogen) atoms. The first-order valence-corrected chi connectivity index (χ1v) is 11.1. The summed E-state index contributed by atoms with van der Waals surface area (Å²) in [6.45, 7) is 3.80. The summed E-state index contributed by atoms with van der Waals surface area (Å²) in [5, 5.41) is 7.20. The first-order chi connectivity index (χ1) is 16.9. The smallest absolute Gasteiger partial charge is 0.326 e. The number of halogens is 1. The van der Waals surface area contributed by atoms with Crippen molar-refractivity contribution in [2.24, 2.45) is 0 Å². The quantitative estimate of drug-likeness (QED) is 0.393. The third-order valence-electron chi connectivity index (χ3n) is 5.95. The summed E-state index contributed by atoms with van der Waals surface area (Å²) in [7, 11) is 1.60. The standard InChI is InChI=1S/C27H23FN4O3/c1-16-5-4-6-21(15-16)32-17(2)23(24(29-27(32)33)18-7-11-20(28)12-8-18)26-30-25(31-35-26)19-9-13-22(34-3)14-10-19/h4-15,24H,1-3H3,(H,29,33). The van der Waals surface area contributed by atoms with Crippen LogP contribution in [0, 0.1) is 12.7 Å². The minimum Gasteiger partial charge on any atom is -0.497 e. The van der Waals surface area contributed by atoms with Gasteiger partial charge in [0.15, 0.2) is 0 Å². The largest absolute Gasteiger partial charge is 0.497 e. The molecule has 0 bridgehead atoms. The Labute approximate surface area is 201 Å². The summed E-state index contributed by atoms with van der Waals surface area (Å²) in [6, 6.07) is 20.0. The molecule has 0 saturated carbocycles. The lowest BCUT2D eigenvalue weighted by Gasteiger charge is -2.35. The molecular formula is C27H23FN4O3. The van der Waals surface area contributed by atoms with Crippen molar-refractivity contribution in [2.75, 3.05) is 12.0 Å². The number of hydrogen-bond donors (Lipinski definition) is 1. The summed E-state index contributed by atoms with van der Waals surface area (Å²) in [5.41, 5.74) is 4.45. The van der Waals surface area contributed by atoms with Crippen molar-refractivity contribution in [3.8, 4) is 17.1 Å². The molecule has 2 amide bonds. The first kappa shape index (κ1) is 22.3. The fraction of sp³-hybridized carbons (Fsp3) is 0.148. The van der Waals surface area contributed by atoms with Crippen molar-refractivity contribution >= 4 is 17.3 Å². The van der Waals surface area contributed by atoms with Gasteiger partial charge in [-0.2, -0.15) is 4.98 Å². The molecule has 5 rings (SSSR count). The number of methoxy groups -OCH3 is 1.